The maximum Gasteiger partial charge on any atom is 0.135 e. The van der Waals surface area contributed by atoms with Gasteiger partial charge >= 0.3 is 0 Å². The predicted molar refractivity (Wildman–Crippen MR) is 36.1 cm³/mol. The molecule has 3 heteroatoms. The van der Waals surface area contributed by atoms with E-state index in [1.807, 2.05) is 13.0 Å². The van der Waals surface area contributed by atoms with Crippen LogP contribution in [-0.4, -0.2) is 11.1 Å². The van der Waals surface area contributed by atoms with Gasteiger partial charge in [0.2, 0.25) is 0 Å². The zero-order chi connectivity index (χ0) is 5.98. The summed E-state index contributed by atoms with van der Waals surface area (Å²) in [7, 11) is 0. The van der Waals surface area contributed by atoms with Gasteiger partial charge in [0.05, 0.1) is 5.69 Å². The van der Waals surface area contributed by atoms with Crippen LogP contribution in [0.15, 0.2) is 11.1 Å². The number of nitrogens with zero attached hydrogens (tertiary/aromatic N) is 2. The molecule has 1 aromatic heterocycles. The van der Waals surface area contributed by atoms with Gasteiger partial charge in [-0.3, -0.25) is 4.99 Å². The molecular weight excluding hydrogens is 120 g/mol. The van der Waals surface area contributed by atoms with Crippen molar-refractivity contribution in [3.05, 3.63) is 11.8 Å². The minimum Gasteiger partial charge on any atom is -0.252 e. The van der Waals surface area contributed by atoms with Crippen molar-refractivity contribution in [2.24, 2.45) is 4.99 Å². The molecule has 0 unspecified atom stereocenters. The Morgan fingerprint density at radius 2 is 2.62 bits per heavy atom. The quantitative estimate of drug-likeness (QED) is 0.526. The Balaban J connectivity index is 3.00. The van der Waals surface area contributed by atoms with E-state index in [0.717, 1.165) is 10.7 Å². The van der Waals surface area contributed by atoms with Gasteiger partial charge in [-0.1, -0.05) is 0 Å². The van der Waals surface area contributed by atoms with Crippen LogP contribution in [0.25, 0.3) is 0 Å². The van der Waals surface area contributed by atoms with Crippen molar-refractivity contribution in [3.63, 3.8) is 0 Å². The van der Waals surface area contributed by atoms with Crippen molar-refractivity contribution in [1.82, 2.24) is 4.37 Å². The van der Waals surface area contributed by atoms with Crippen LogP contribution >= 0.6 is 11.5 Å². The first-order chi connectivity index (χ1) is 3.83. The molecule has 0 radical (unpaired) electrons. The number of rotatable bonds is 1. The molecule has 0 saturated heterocycles. The Kier molecular flexibility index (Phi) is 1.39. The van der Waals surface area contributed by atoms with Crippen molar-refractivity contribution in [2.75, 3.05) is 0 Å². The molecule has 1 heterocycles. The van der Waals surface area contributed by atoms with E-state index in [1.54, 1.807) is 0 Å². The summed E-state index contributed by atoms with van der Waals surface area (Å²) in [6.45, 7) is 5.30. The third-order valence-electron chi connectivity index (χ3n) is 0.771. The highest BCUT2D eigenvalue weighted by molar-refractivity contribution is 7.09. The average Bonchev–Trinajstić information content (AvgIpc) is 2.14. The maximum atomic E-state index is 4.00. The standard InChI is InChI=1S/C5H6N2S/c1-4-3-5(6-2)8-7-4/h3H,2H2,1H3. The topological polar surface area (TPSA) is 25.2 Å². The van der Waals surface area contributed by atoms with Crippen LogP contribution in [0.1, 0.15) is 5.69 Å². The molecule has 0 N–H and O–H groups in total. The van der Waals surface area contributed by atoms with E-state index in [2.05, 4.69) is 16.1 Å². The van der Waals surface area contributed by atoms with E-state index in [1.165, 1.54) is 11.5 Å². The van der Waals surface area contributed by atoms with Crippen molar-refractivity contribution >= 4 is 23.3 Å². The van der Waals surface area contributed by atoms with Gasteiger partial charge in [-0.05, 0) is 31.2 Å². The molecular formula is C5H6N2S. The molecule has 0 aliphatic carbocycles. The van der Waals surface area contributed by atoms with Crippen LogP contribution in [0, 0.1) is 6.92 Å². The van der Waals surface area contributed by atoms with Crippen LogP contribution in [0.4, 0.5) is 5.00 Å². The summed E-state index contributed by atoms with van der Waals surface area (Å²) in [6, 6.07) is 1.90. The molecule has 0 bridgehead atoms. The lowest BCUT2D eigenvalue weighted by molar-refractivity contribution is 1.34. The smallest absolute Gasteiger partial charge is 0.135 e. The molecule has 42 valence electrons. The summed E-state index contributed by atoms with van der Waals surface area (Å²) >= 11 is 1.37. The first-order valence-corrected chi connectivity index (χ1v) is 3.00. The average molecular weight is 126 g/mol. The Bertz CT molecular complexity index is 192. The lowest BCUT2D eigenvalue weighted by atomic mass is 10.5. The molecule has 0 aliphatic heterocycles. The summed E-state index contributed by atoms with van der Waals surface area (Å²) < 4.78 is 4.00. The summed E-state index contributed by atoms with van der Waals surface area (Å²) in [6.07, 6.45) is 0. The fourth-order valence-electron chi connectivity index (χ4n) is 0.425. The van der Waals surface area contributed by atoms with Crippen molar-refractivity contribution in [2.45, 2.75) is 6.92 Å². The largest absolute Gasteiger partial charge is 0.252 e. The first-order valence-electron chi connectivity index (χ1n) is 2.23. The second kappa shape index (κ2) is 2.05. The third kappa shape index (κ3) is 0.924. The molecule has 0 amide bonds. The van der Waals surface area contributed by atoms with Gasteiger partial charge in [0.1, 0.15) is 5.00 Å². The van der Waals surface area contributed by atoms with Crippen LogP contribution in [0.5, 0.6) is 0 Å². The molecule has 0 aromatic carbocycles. The highest BCUT2D eigenvalue weighted by atomic mass is 32.1. The second-order valence-corrected chi connectivity index (χ2v) is 2.25. The van der Waals surface area contributed by atoms with Crippen LogP contribution in [0.3, 0.4) is 0 Å². The second-order valence-electron chi connectivity index (χ2n) is 1.46. The number of aliphatic imine (C=N–C) groups is 1. The molecule has 0 aliphatic rings. The first kappa shape index (κ1) is 5.44. The van der Waals surface area contributed by atoms with Crippen LogP contribution < -0.4 is 0 Å². The van der Waals surface area contributed by atoms with Gasteiger partial charge in [-0.25, -0.2) is 0 Å². The van der Waals surface area contributed by atoms with E-state index in [-0.39, 0.29) is 0 Å². The minimum atomic E-state index is 0.891. The van der Waals surface area contributed by atoms with Gasteiger partial charge in [0.15, 0.2) is 0 Å². The van der Waals surface area contributed by atoms with Crippen LogP contribution in [0.2, 0.25) is 0 Å². The van der Waals surface area contributed by atoms with Crippen molar-refractivity contribution in [3.8, 4) is 0 Å². The van der Waals surface area contributed by atoms with Crippen molar-refractivity contribution < 1.29 is 0 Å². The Hall–Kier alpha value is -0.700. The SMILES string of the molecule is C=Nc1cc(C)ns1. The molecule has 0 atom stereocenters. The van der Waals surface area contributed by atoms with E-state index in [0.29, 0.717) is 0 Å². The minimum absolute atomic E-state index is 0.891. The van der Waals surface area contributed by atoms with E-state index in [4.69, 9.17) is 0 Å². The van der Waals surface area contributed by atoms with Gasteiger partial charge in [-0.15, -0.1) is 0 Å². The summed E-state index contributed by atoms with van der Waals surface area (Å²) in [5, 5.41) is 0.891. The third-order valence-corrected chi connectivity index (χ3v) is 1.58. The van der Waals surface area contributed by atoms with E-state index >= 15 is 0 Å². The molecule has 0 saturated carbocycles. The highest BCUT2D eigenvalue weighted by Gasteiger charge is 1.90. The number of hydrogen-bond acceptors (Lipinski definition) is 3. The number of aryl methyl sites for hydroxylation is 1. The molecule has 1 rings (SSSR count). The fraction of sp³-hybridized carbons (Fsp3) is 0.200. The lowest BCUT2D eigenvalue weighted by Gasteiger charge is -1.71. The summed E-state index contributed by atoms with van der Waals surface area (Å²) in [5.74, 6) is 0. The Morgan fingerprint density at radius 1 is 1.88 bits per heavy atom. The van der Waals surface area contributed by atoms with Gasteiger partial charge in [0.25, 0.3) is 0 Å². The molecule has 8 heavy (non-hydrogen) atoms. The molecule has 0 spiro atoms. The van der Waals surface area contributed by atoms with Gasteiger partial charge in [-0.2, -0.15) is 4.37 Å². The van der Waals surface area contributed by atoms with Gasteiger partial charge in [0, 0.05) is 0 Å². The molecule has 0 fully saturated rings. The maximum absolute atomic E-state index is 4.00. The Morgan fingerprint density at radius 3 is 2.88 bits per heavy atom. The normalized spacial score (nSPS) is 9.12. The monoisotopic (exact) mass is 126 g/mol. The summed E-state index contributed by atoms with van der Waals surface area (Å²) in [5.41, 5.74) is 1.01. The predicted octanol–water partition coefficient (Wildman–Crippen LogP) is 1.78. The number of aromatic nitrogens is 1. The molecule has 2 nitrogen and oxygen atoms in total. The van der Waals surface area contributed by atoms with E-state index in [9.17, 15) is 0 Å². The van der Waals surface area contributed by atoms with Gasteiger partial charge < -0.3 is 0 Å². The van der Waals surface area contributed by atoms with Crippen molar-refractivity contribution in [1.29, 1.82) is 0 Å². The zero-order valence-electron chi connectivity index (χ0n) is 4.59. The zero-order valence-corrected chi connectivity index (χ0v) is 5.40. The summed E-state index contributed by atoms with van der Waals surface area (Å²) in [4.78, 5) is 3.70. The lowest BCUT2D eigenvalue weighted by Crippen LogP contribution is -1.58. The Labute approximate surface area is 52.1 Å². The highest BCUT2D eigenvalue weighted by Crippen LogP contribution is 2.17. The number of hydrogen-bond donors (Lipinski definition) is 0. The fourth-order valence-corrected chi connectivity index (χ4v) is 0.996. The molecule has 1 aromatic rings. The van der Waals surface area contributed by atoms with E-state index < -0.39 is 0 Å². The van der Waals surface area contributed by atoms with Crippen LogP contribution in [-0.2, 0) is 0 Å².